The van der Waals surface area contributed by atoms with Gasteiger partial charge in [-0.25, -0.2) is 0 Å². The average molecular weight is 209 g/mol. The molecule has 3 aliphatic rings. The predicted molar refractivity (Wildman–Crippen MR) is 56.5 cm³/mol. The van der Waals surface area contributed by atoms with Gasteiger partial charge in [-0.15, -0.1) is 0 Å². The highest BCUT2D eigenvalue weighted by Gasteiger charge is 2.45. The second kappa shape index (κ2) is 3.48. The second-order valence-electron chi connectivity index (χ2n) is 5.50. The number of rotatable bonds is 5. The van der Waals surface area contributed by atoms with Crippen LogP contribution >= 0.6 is 0 Å². The van der Waals surface area contributed by atoms with Gasteiger partial charge in [-0.2, -0.15) is 0 Å². The Morgan fingerprint density at radius 1 is 1.07 bits per heavy atom. The Morgan fingerprint density at radius 2 is 1.67 bits per heavy atom. The summed E-state index contributed by atoms with van der Waals surface area (Å²) in [4.78, 5) is 10.9. The van der Waals surface area contributed by atoms with E-state index in [-0.39, 0.29) is 12.0 Å². The van der Waals surface area contributed by atoms with E-state index in [1.165, 1.54) is 25.7 Å². The van der Waals surface area contributed by atoms with Gasteiger partial charge in [0.15, 0.2) is 0 Å². The number of aliphatic carboxylic acids is 1. The van der Waals surface area contributed by atoms with Gasteiger partial charge in [0.1, 0.15) is 0 Å². The summed E-state index contributed by atoms with van der Waals surface area (Å²) in [7, 11) is 0. The molecule has 0 spiro atoms. The highest BCUT2D eigenvalue weighted by molar-refractivity contribution is 5.72. The molecule has 0 radical (unpaired) electrons. The van der Waals surface area contributed by atoms with E-state index in [4.69, 9.17) is 5.11 Å². The largest absolute Gasteiger partial charge is 0.481 e. The highest BCUT2D eigenvalue weighted by atomic mass is 16.4. The molecule has 3 rings (SSSR count). The summed E-state index contributed by atoms with van der Waals surface area (Å²) in [6.45, 7) is 0. The van der Waals surface area contributed by atoms with E-state index in [9.17, 15) is 4.79 Å². The fourth-order valence-electron chi connectivity index (χ4n) is 2.81. The van der Waals surface area contributed by atoms with Crippen molar-refractivity contribution in [3.8, 4) is 0 Å². The zero-order valence-corrected chi connectivity index (χ0v) is 8.98. The molecule has 2 atom stereocenters. The maximum atomic E-state index is 10.9. The number of hydrogen-bond donors (Lipinski definition) is 2. The molecule has 84 valence electrons. The van der Waals surface area contributed by atoms with Gasteiger partial charge in [-0.3, -0.25) is 4.79 Å². The zero-order valence-electron chi connectivity index (χ0n) is 8.98. The molecule has 2 N–H and O–H groups in total. The van der Waals surface area contributed by atoms with E-state index in [0.29, 0.717) is 6.04 Å². The van der Waals surface area contributed by atoms with Crippen LogP contribution in [0.2, 0.25) is 0 Å². The molecule has 3 aliphatic carbocycles. The lowest BCUT2D eigenvalue weighted by Crippen LogP contribution is -2.52. The maximum absolute atomic E-state index is 10.9. The smallest absolute Gasteiger partial charge is 0.308 e. The zero-order chi connectivity index (χ0) is 10.4. The van der Waals surface area contributed by atoms with Crippen LogP contribution in [0.1, 0.15) is 38.5 Å². The van der Waals surface area contributed by atoms with Crippen LogP contribution in [0, 0.1) is 17.8 Å². The fourth-order valence-corrected chi connectivity index (χ4v) is 2.81. The normalized spacial score (nSPS) is 35.3. The van der Waals surface area contributed by atoms with Crippen LogP contribution < -0.4 is 5.32 Å². The van der Waals surface area contributed by atoms with E-state index < -0.39 is 5.97 Å². The number of nitrogens with one attached hydrogen (secondary N) is 1. The number of hydrogen-bond acceptors (Lipinski definition) is 2. The quantitative estimate of drug-likeness (QED) is 0.723. The second-order valence-corrected chi connectivity index (χ2v) is 5.50. The standard InChI is InChI=1S/C12H19NO2/c14-12(15)9-5-6-10(9)13-11(7-1-2-7)8-3-4-8/h7-11,13H,1-6H2,(H,14,15). The first kappa shape index (κ1) is 9.64. The highest BCUT2D eigenvalue weighted by Crippen LogP contribution is 2.45. The van der Waals surface area contributed by atoms with Gasteiger partial charge in [0.25, 0.3) is 0 Å². The first-order valence-electron chi connectivity index (χ1n) is 6.24. The van der Waals surface area contributed by atoms with E-state index in [1.54, 1.807) is 0 Å². The molecular formula is C12H19NO2. The van der Waals surface area contributed by atoms with E-state index in [1.807, 2.05) is 0 Å². The number of carboxylic acids is 1. The van der Waals surface area contributed by atoms with Crippen molar-refractivity contribution >= 4 is 5.97 Å². The average Bonchev–Trinajstić information content (AvgIpc) is 2.98. The van der Waals surface area contributed by atoms with Crippen LogP contribution in [0.4, 0.5) is 0 Å². The SMILES string of the molecule is O=C(O)C1CCC1NC(C1CC1)C1CC1. The molecule has 0 aromatic carbocycles. The summed E-state index contributed by atoms with van der Waals surface area (Å²) in [5.74, 6) is 1.02. The minimum atomic E-state index is -0.607. The first-order valence-corrected chi connectivity index (χ1v) is 6.24. The fraction of sp³-hybridized carbons (Fsp3) is 0.917. The number of carbonyl (C=O) groups is 1. The lowest BCUT2D eigenvalue weighted by Gasteiger charge is -2.37. The van der Waals surface area contributed by atoms with Crippen LogP contribution in [0.5, 0.6) is 0 Å². The van der Waals surface area contributed by atoms with Gasteiger partial charge in [-0.1, -0.05) is 0 Å². The van der Waals surface area contributed by atoms with Crippen molar-refractivity contribution in [3.05, 3.63) is 0 Å². The summed E-state index contributed by atoms with van der Waals surface area (Å²) >= 11 is 0. The van der Waals surface area contributed by atoms with Gasteiger partial charge in [-0.05, 0) is 50.4 Å². The lowest BCUT2D eigenvalue weighted by atomic mass is 9.79. The number of carboxylic acid groups (broad SMARTS) is 1. The van der Waals surface area contributed by atoms with Gasteiger partial charge in [0.05, 0.1) is 5.92 Å². The molecule has 0 bridgehead atoms. The van der Waals surface area contributed by atoms with Crippen molar-refractivity contribution in [2.24, 2.45) is 17.8 Å². The molecule has 3 saturated carbocycles. The molecule has 15 heavy (non-hydrogen) atoms. The first-order chi connectivity index (χ1) is 7.25. The lowest BCUT2D eigenvalue weighted by molar-refractivity contribution is -0.146. The van der Waals surface area contributed by atoms with Gasteiger partial charge in [0.2, 0.25) is 0 Å². The van der Waals surface area contributed by atoms with Crippen LogP contribution in [-0.2, 0) is 4.79 Å². The Morgan fingerprint density at radius 3 is 2.00 bits per heavy atom. The summed E-state index contributed by atoms with van der Waals surface area (Å²) in [6.07, 6.45) is 7.37. The summed E-state index contributed by atoms with van der Waals surface area (Å²) in [5.41, 5.74) is 0. The van der Waals surface area contributed by atoms with Crippen LogP contribution in [0.15, 0.2) is 0 Å². The molecule has 3 fully saturated rings. The molecule has 0 saturated heterocycles. The van der Waals surface area contributed by atoms with Crippen molar-refractivity contribution < 1.29 is 9.90 Å². The van der Waals surface area contributed by atoms with Crippen LogP contribution in [0.25, 0.3) is 0 Å². The third-order valence-corrected chi connectivity index (χ3v) is 4.26. The van der Waals surface area contributed by atoms with Crippen molar-refractivity contribution in [1.29, 1.82) is 0 Å². The maximum Gasteiger partial charge on any atom is 0.308 e. The Bertz CT molecular complexity index is 259. The van der Waals surface area contributed by atoms with Gasteiger partial charge < -0.3 is 10.4 Å². The third kappa shape index (κ3) is 1.89. The Kier molecular flexibility index (Phi) is 2.23. The van der Waals surface area contributed by atoms with Gasteiger partial charge >= 0.3 is 5.97 Å². The molecule has 0 aromatic heterocycles. The minimum absolute atomic E-state index is 0.106. The molecule has 0 amide bonds. The Balaban J connectivity index is 1.56. The van der Waals surface area contributed by atoms with E-state index in [0.717, 1.165) is 24.7 Å². The van der Waals surface area contributed by atoms with Crippen molar-refractivity contribution in [3.63, 3.8) is 0 Å². The van der Waals surface area contributed by atoms with E-state index in [2.05, 4.69) is 5.32 Å². The molecule has 2 unspecified atom stereocenters. The summed E-state index contributed by atoms with van der Waals surface area (Å²) < 4.78 is 0. The predicted octanol–water partition coefficient (Wildman–Crippen LogP) is 1.63. The minimum Gasteiger partial charge on any atom is -0.481 e. The molecule has 0 aromatic rings. The summed E-state index contributed by atoms with van der Waals surface area (Å²) in [5, 5.41) is 12.6. The topological polar surface area (TPSA) is 49.3 Å². The summed E-state index contributed by atoms with van der Waals surface area (Å²) in [6, 6.07) is 0.922. The van der Waals surface area contributed by atoms with Crippen LogP contribution in [-0.4, -0.2) is 23.2 Å². The van der Waals surface area contributed by atoms with Crippen molar-refractivity contribution in [2.75, 3.05) is 0 Å². The molecule has 3 heteroatoms. The van der Waals surface area contributed by atoms with E-state index >= 15 is 0 Å². The molecule has 3 nitrogen and oxygen atoms in total. The van der Waals surface area contributed by atoms with Crippen LogP contribution in [0.3, 0.4) is 0 Å². The molecular weight excluding hydrogens is 190 g/mol. The Labute approximate surface area is 90.2 Å². The van der Waals surface area contributed by atoms with Gasteiger partial charge in [0, 0.05) is 12.1 Å². The molecule has 0 aliphatic heterocycles. The van der Waals surface area contributed by atoms with Crippen molar-refractivity contribution in [1.82, 2.24) is 5.32 Å². The monoisotopic (exact) mass is 209 g/mol. The third-order valence-electron chi connectivity index (χ3n) is 4.26. The molecule has 0 heterocycles. The van der Waals surface area contributed by atoms with Crippen molar-refractivity contribution in [2.45, 2.75) is 50.6 Å². The Hall–Kier alpha value is -0.570.